The van der Waals surface area contributed by atoms with Gasteiger partial charge < -0.3 is 10.4 Å². The lowest BCUT2D eigenvalue weighted by Gasteiger charge is -2.51. The largest absolute Gasteiger partial charge is 0.366 e. The third-order valence-corrected chi connectivity index (χ3v) is 5.73. The number of rotatable bonds is 1. The number of benzene rings is 1. The second-order valence-electron chi connectivity index (χ2n) is 6.76. The molecule has 1 aromatic carbocycles. The van der Waals surface area contributed by atoms with Crippen LogP contribution in [0.5, 0.6) is 0 Å². The van der Waals surface area contributed by atoms with Gasteiger partial charge in [-0.25, -0.2) is 0 Å². The van der Waals surface area contributed by atoms with Crippen molar-refractivity contribution >= 4 is 23.1 Å². The topological polar surface area (TPSA) is 69.6 Å². The summed E-state index contributed by atoms with van der Waals surface area (Å²) < 4.78 is 0. The number of amides is 2. The molecule has 0 spiro atoms. The monoisotopic (exact) mass is 324 g/mol. The maximum Gasteiger partial charge on any atom is 0.253 e. The normalized spacial score (nSPS) is 31.4. The fraction of sp³-hybridized carbons (Fsp3) is 0.368. The smallest absolute Gasteiger partial charge is 0.253 e. The van der Waals surface area contributed by atoms with Gasteiger partial charge in [0.05, 0.1) is 0 Å². The van der Waals surface area contributed by atoms with Crippen LogP contribution in [-0.4, -0.2) is 27.5 Å². The van der Waals surface area contributed by atoms with Gasteiger partial charge in [-0.1, -0.05) is 31.2 Å². The summed E-state index contributed by atoms with van der Waals surface area (Å²) in [6, 6.07) is 7.35. The minimum atomic E-state index is -1.42. The Kier molecular flexibility index (Phi) is 3.18. The molecule has 0 saturated heterocycles. The molecule has 0 unspecified atom stereocenters. The Morgan fingerprint density at radius 3 is 2.88 bits per heavy atom. The van der Waals surface area contributed by atoms with Crippen LogP contribution in [0, 0.1) is 5.41 Å². The molecule has 3 aliphatic heterocycles. The number of hydrogen-bond donors (Lipinski definition) is 2. The van der Waals surface area contributed by atoms with Gasteiger partial charge in [-0.3, -0.25) is 14.5 Å². The third kappa shape index (κ3) is 1.79. The van der Waals surface area contributed by atoms with Crippen LogP contribution < -0.4 is 5.32 Å². The van der Waals surface area contributed by atoms with Crippen molar-refractivity contribution in [2.24, 2.45) is 5.41 Å². The molecular weight excluding hydrogens is 304 g/mol. The van der Waals surface area contributed by atoms with Crippen LogP contribution >= 0.6 is 0 Å². The summed E-state index contributed by atoms with van der Waals surface area (Å²) in [5, 5.41) is 14.7. The fourth-order valence-corrected chi connectivity index (χ4v) is 4.33. The van der Waals surface area contributed by atoms with E-state index in [4.69, 9.17) is 0 Å². The molecule has 0 aromatic heterocycles. The van der Waals surface area contributed by atoms with Crippen molar-refractivity contribution in [2.45, 2.75) is 38.3 Å². The van der Waals surface area contributed by atoms with Crippen LogP contribution in [0.2, 0.25) is 0 Å². The number of aliphatic hydroxyl groups is 1. The number of hydrogen-bond acceptors (Lipinski definition) is 3. The number of nitrogens with one attached hydrogen (secondary N) is 1. The predicted molar refractivity (Wildman–Crippen MR) is 90.6 cm³/mol. The van der Waals surface area contributed by atoms with Gasteiger partial charge in [0.25, 0.3) is 5.91 Å². The molecule has 0 saturated carbocycles. The molecular formula is C19H20N2O3. The zero-order valence-electron chi connectivity index (χ0n) is 13.6. The molecule has 2 atom stereocenters. The number of fused-ring (bicyclic) bond motifs is 2. The highest BCUT2D eigenvalue weighted by Crippen LogP contribution is 2.57. The van der Waals surface area contributed by atoms with E-state index in [1.807, 2.05) is 37.3 Å². The average Bonchev–Trinajstić information content (AvgIpc) is 2.86. The van der Waals surface area contributed by atoms with Crippen molar-refractivity contribution in [3.63, 3.8) is 0 Å². The van der Waals surface area contributed by atoms with Crippen LogP contribution in [0.1, 0.15) is 38.2 Å². The Morgan fingerprint density at radius 2 is 2.08 bits per heavy atom. The summed E-state index contributed by atoms with van der Waals surface area (Å²) in [6.45, 7) is 2.01. The van der Waals surface area contributed by atoms with Gasteiger partial charge in [-0.05, 0) is 25.3 Å². The number of carbonyl (C=O) groups excluding carboxylic acids is 2. The molecule has 2 N–H and O–H groups in total. The van der Waals surface area contributed by atoms with E-state index in [-0.39, 0.29) is 11.8 Å². The van der Waals surface area contributed by atoms with Crippen molar-refractivity contribution in [2.75, 3.05) is 5.32 Å². The van der Waals surface area contributed by atoms with Gasteiger partial charge in [0.15, 0.2) is 5.72 Å². The van der Waals surface area contributed by atoms with Crippen molar-refractivity contribution in [1.82, 2.24) is 4.90 Å². The van der Waals surface area contributed by atoms with E-state index in [1.165, 1.54) is 11.0 Å². The van der Waals surface area contributed by atoms with E-state index in [0.717, 1.165) is 0 Å². The highest BCUT2D eigenvalue weighted by atomic mass is 16.3. The van der Waals surface area contributed by atoms with E-state index in [9.17, 15) is 14.7 Å². The summed E-state index contributed by atoms with van der Waals surface area (Å²) >= 11 is 0. The second kappa shape index (κ2) is 5.05. The lowest BCUT2D eigenvalue weighted by molar-refractivity contribution is -0.160. The standard InChI is InChI=1S/C19H20N2O3/c1-2-18-9-5-11-21-17(23)12-14(19(18,21)24)13-6-3-4-7-15(13)20-16(22)8-10-18/h3-7,11-12,24H,2,8-10H2,1H3,(H,20,22)/t18-,19-/m0/s1. The number of carbonyl (C=O) groups is 2. The fourth-order valence-electron chi connectivity index (χ4n) is 4.33. The van der Waals surface area contributed by atoms with Crippen LogP contribution in [-0.2, 0) is 9.59 Å². The van der Waals surface area contributed by atoms with E-state index >= 15 is 0 Å². The molecule has 0 bridgehead atoms. The number of anilines is 1. The first-order valence-electron chi connectivity index (χ1n) is 8.35. The Hall–Kier alpha value is -2.40. The maximum atomic E-state index is 12.6. The van der Waals surface area contributed by atoms with Gasteiger partial charge in [0.1, 0.15) is 0 Å². The molecule has 0 aliphatic carbocycles. The maximum absolute atomic E-state index is 12.6. The van der Waals surface area contributed by atoms with Crippen LogP contribution in [0.3, 0.4) is 0 Å². The summed E-state index contributed by atoms with van der Waals surface area (Å²) in [6.07, 6.45) is 7.25. The Morgan fingerprint density at radius 1 is 1.29 bits per heavy atom. The summed E-state index contributed by atoms with van der Waals surface area (Å²) in [4.78, 5) is 26.3. The molecule has 5 nitrogen and oxygen atoms in total. The van der Waals surface area contributed by atoms with Crippen LogP contribution in [0.15, 0.2) is 42.6 Å². The van der Waals surface area contributed by atoms with Gasteiger partial charge in [-0.2, -0.15) is 0 Å². The molecule has 0 fully saturated rings. The first-order valence-corrected chi connectivity index (χ1v) is 8.35. The molecule has 3 heterocycles. The highest BCUT2D eigenvalue weighted by Gasteiger charge is 2.60. The zero-order valence-corrected chi connectivity index (χ0v) is 13.6. The Bertz CT molecular complexity index is 798. The number of allylic oxidation sites excluding steroid dienone is 1. The second-order valence-corrected chi connectivity index (χ2v) is 6.76. The van der Waals surface area contributed by atoms with E-state index in [2.05, 4.69) is 5.32 Å². The lowest BCUT2D eigenvalue weighted by atomic mass is 9.64. The number of para-hydroxylation sites is 1. The van der Waals surface area contributed by atoms with Gasteiger partial charge in [-0.15, -0.1) is 0 Å². The van der Waals surface area contributed by atoms with Crippen LogP contribution in [0.4, 0.5) is 5.69 Å². The summed E-state index contributed by atoms with van der Waals surface area (Å²) in [5.41, 5.74) is -0.0705. The van der Waals surface area contributed by atoms with Crippen molar-refractivity contribution < 1.29 is 14.7 Å². The Labute approximate surface area is 140 Å². The zero-order chi connectivity index (χ0) is 16.9. The lowest BCUT2D eigenvalue weighted by Crippen LogP contribution is -2.59. The minimum Gasteiger partial charge on any atom is -0.366 e. The van der Waals surface area contributed by atoms with Crippen molar-refractivity contribution in [1.29, 1.82) is 0 Å². The molecule has 124 valence electrons. The predicted octanol–water partition coefficient (Wildman–Crippen LogP) is 2.65. The molecule has 0 radical (unpaired) electrons. The van der Waals surface area contributed by atoms with Crippen molar-refractivity contribution in [3.05, 3.63) is 48.2 Å². The number of nitrogens with zero attached hydrogens (tertiary/aromatic N) is 1. The SMILES string of the molecule is CC[C@]12CC=CN3C(=O)C=C(c4ccccc4NC(=O)CC1)[C@@]32O. The Balaban J connectivity index is 2.01. The van der Waals surface area contributed by atoms with E-state index in [1.54, 1.807) is 6.20 Å². The third-order valence-electron chi connectivity index (χ3n) is 5.73. The van der Waals surface area contributed by atoms with E-state index < -0.39 is 11.1 Å². The van der Waals surface area contributed by atoms with Gasteiger partial charge in [0.2, 0.25) is 5.91 Å². The summed E-state index contributed by atoms with van der Waals surface area (Å²) in [5.74, 6) is -0.283. The first kappa shape index (κ1) is 15.1. The quantitative estimate of drug-likeness (QED) is 0.834. The minimum absolute atomic E-state index is 0.0631. The molecule has 1 aromatic rings. The van der Waals surface area contributed by atoms with E-state index in [0.29, 0.717) is 42.5 Å². The molecule has 2 amide bonds. The first-order chi connectivity index (χ1) is 11.5. The molecule has 5 heteroatoms. The highest BCUT2D eigenvalue weighted by molar-refractivity contribution is 6.07. The molecule has 24 heavy (non-hydrogen) atoms. The van der Waals surface area contributed by atoms with Gasteiger partial charge in [0, 0.05) is 40.9 Å². The molecule has 3 aliphatic rings. The van der Waals surface area contributed by atoms with Crippen molar-refractivity contribution in [3.8, 4) is 0 Å². The van der Waals surface area contributed by atoms with Gasteiger partial charge >= 0.3 is 0 Å². The molecule has 4 rings (SSSR count). The van der Waals surface area contributed by atoms with Crippen LogP contribution in [0.25, 0.3) is 5.57 Å². The average molecular weight is 324 g/mol. The summed E-state index contributed by atoms with van der Waals surface area (Å²) in [7, 11) is 0.